The van der Waals surface area contributed by atoms with Gasteiger partial charge in [0.25, 0.3) is 5.91 Å². The number of benzene rings is 1. The van der Waals surface area contributed by atoms with E-state index in [4.69, 9.17) is 0 Å². The van der Waals surface area contributed by atoms with Crippen LogP contribution in [0.3, 0.4) is 0 Å². The first-order chi connectivity index (χ1) is 12.1. The molecule has 1 aliphatic rings. The van der Waals surface area contributed by atoms with Crippen molar-refractivity contribution in [3.05, 3.63) is 52.4 Å². The molecule has 0 unspecified atom stereocenters. The number of rotatable bonds is 5. The number of aliphatic imine (C=N–C) groups is 1. The van der Waals surface area contributed by atoms with E-state index in [-0.39, 0.29) is 11.7 Å². The number of carbonyl (C=O) groups excluding carboxylic acids is 1. The van der Waals surface area contributed by atoms with Gasteiger partial charge in [0.05, 0.1) is 4.91 Å². The summed E-state index contributed by atoms with van der Waals surface area (Å²) >= 11 is 2.65. The molecule has 128 valence electrons. The molecule has 0 radical (unpaired) electrons. The normalized spacial score (nSPS) is 17.6. The second-order valence-electron chi connectivity index (χ2n) is 5.10. The number of aromatic hydroxyl groups is 1. The van der Waals surface area contributed by atoms with Crippen LogP contribution in [0.2, 0.25) is 0 Å². The summed E-state index contributed by atoms with van der Waals surface area (Å²) in [5, 5.41) is 19.9. The van der Waals surface area contributed by atoms with Crippen LogP contribution in [0.1, 0.15) is 17.5 Å². The van der Waals surface area contributed by atoms with Gasteiger partial charge in [0.1, 0.15) is 10.8 Å². The van der Waals surface area contributed by atoms with E-state index in [1.807, 2.05) is 6.92 Å². The molecule has 3 rings (SSSR count). The number of phenolic OH excluding ortho intramolecular Hbond substituents is 1. The fourth-order valence-electron chi connectivity index (χ4n) is 2.15. The van der Waals surface area contributed by atoms with Crippen LogP contribution >= 0.6 is 23.1 Å². The quantitative estimate of drug-likeness (QED) is 0.641. The van der Waals surface area contributed by atoms with Crippen molar-refractivity contribution in [2.45, 2.75) is 13.3 Å². The van der Waals surface area contributed by atoms with Gasteiger partial charge in [0.2, 0.25) is 5.13 Å². The van der Waals surface area contributed by atoms with Crippen LogP contribution in [-0.2, 0) is 11.2 Å². The Kier molecular flexibility index (Phi) is 5.30. The number of aromatic nitrogens is 2. The fourth-order valence-corrected chi connectivity index (χ4v) is 3.84. The molecule has 0 bridgehead atoms. The highest BCUT2D eigenvalue weighted by atomic mass is 32.2. The lowest BCUT2D eigenvalue weighted by Crippen LogP contribution is -2.29. The highest BCUT2D eigenvalue weighted by Gasteiger charge is 2.33. The summed E-state index contributed by atoms with van der Waals surface area (Å²) in [7, 11) is 0. The zero-order valence-electron chi connectivity index (χ0n) is 13.5. The average Bonchev–Trinajstić information content (AvgIpc) is 3.17. The molecule has 0 aliphatic carbocycles. The Labute approximate surface area is 153 Å². The predicted molar refractivity (Wildman–Crippen MR) is 102 cm³/mol. The lowest BCUT2D eigenvalue weighted by atomic mass is 10.2. The molecular weight excluding hydrogens is 356 g/mol. The molecule has 25 heavy (non-hydrogen) atoms. The van der Waals surface area contributed by atoms with Gasteiger partial charge >= 0.3 is 0 Å². The van der Waals surface area contributed by atoms with Gasteiger partial charge in [-0.05, 0) is 30.3 Å². The largest absolute Gasteiger partial charge is 0.507 e. The van der Waals surface area contributed by atoms with Gasteiger partial charge in [-0.1, -0.05) is 42.5 Å². The molecule has 1 aliphatic heterocycles. The molecule has 6 nitrogen and oxygen atoms in total. The summed E-state index contributed by atoms with van der Waals surface area (Å²) in [5.41, 5.74) is 0.585. The minimum Gasteiger partial charge on any atom is -0.507 e. The van der Waals surface area contributed by atoms with Gasteiger partial charge in [-0.25, -0.2) is 0 Å². The van der Waals surface area contributed by atoms with Crippen molar-refractivity contribution in [3.63, 3.8) is 0 Å². The third-order valence-corrected chi connectivity index (χ3v) is 5.34. The molecule has 1 N–H and O–H groups in total. The van der Waals surface area contributed by atoms with Gasteiger partial charge < -0.3 is 5.11 Å². The first-order valence-corrected chi connectivity index (χ1v) is 9.27. The SMILES string of the molecule is C=CCN1C(=O)/C(=C/c2ccccc2O)SC1=Nc1nnc(CC)s1. The molecule has 1 saturated heterocycles. The molecular formula is C17H16N4O2S2. The van der Waals surface area contributed by atoms with E-state index in [2.05, 4.69) is 21.8 Å². The molecule has 1 amide bonds. The molecule has 0 saturated carbocycles. The number of hydrogen-bond donors (Lipinski definition) is 1. The zero-order chi connectivity index (χ0) is 17.8. The average molecular weight is 372 g/mol. The summed E-state index contributed by atoms with van der Waals surface area (Å²) in [6.07, 6.45) is 4.11. The summed E-state index contributed by atoms with van der Waals surface area (Å²) in [6.45, 7) is 6.05. The second-order valence-corrected chi connectivity index (χ2v) is 7.15. The van der Waals surface area contributed by atoms with Crippen molar-refractivity contribution in [1.82, 2.24) is 15.1 Å². The standard InChI is InChI=1S/C17H16N4O2S2/c1-3-9-21-15(23)13(10-11-7-5-6-8-12(11)22)24-17(21)18-16-20-19-14(4-2)25-16/h3,5-8,10,22H,1,4,9H2,2H3/b13-10-,18-17?. The van der Waals surface area contributed by atoms with Crippen LogP contribution in [0.15, 0.2) is 46.8 Å². The molecule has 1 aromatic heterocycles. The number of phenols is 1. The maximum absolute atomic E-state index is 12.7. The van der Waals surface area contributed by atoms with Crippen LogP contribution < -0.4 is 0 Å². The number of amidine groups is 1. The van der Waals surface area contributed by atoms with Crippen molar-refractivity contribution < 1.29 is 9.90 Å². The molecule has 2 heterocycles. The minimum atomic E-state index is -0.174. The number of hydrogen-bond acceptors (Lipinski definition) is 7. The molecule has 1 fully saturated rings. The third kappa shape index (κ3) is 3.80. The van der Waals surface area contributed by atoms with E-state index in [9.17, 15) is 9.90 Å². The zero-order valence-corrected chi connectivity index (χ0v) is 15.2. The minimum absolute atomic E-state index is 0.126. The molecule has 8 heteroatoms. The van der Waals surface area contributed by atoms with E-state index in [0.29, 0.717) is 27.3 Å². The highest BCUT2D eigenvalue weighted by Crippen LogP contribution is 2.35. The Balaban J connectivity index is 1.95. The Hall–Kier alpha value is -2.45. The maximum Gasteiger partial charge on any atom is 0.267 e. The highest BCUT2D eigenvalue weighted by molar-refractivity contribution is 8.18. The monoisotopic (exact) mass is 372 g/mol. The van der Waals surface area contributed by atoms with Crippen molar-refractivity contribution in [3.8, 4) is 5.75 Å². The van der Waals surface area contributed by atoms with Gasteiger partial charge in [-0.2, -0.15) is 4.99 Å². The Morgan fingerprint density at radius 2 is 2.16 bits per heavy atom. The number of para-hydroxylation sites is 1. The van der Waals surface area contributed by atoms with Crippen LogP contribution in [0, 0.1) is 0 Å². The van der Waals surface area contributed by atoms with Crippen molar-refractivity contribution in [2.24, 2.45) is 4.99 Å². The lowest BCUT2D eigenvalue weighted by Gasteiger charge is -2.11. The van der Waals surface area contributed by atoms with Crippen molar-refractivity contribution >= 4 is 45.4 Å². The number of thioether (sulfide) groups is 1. The third-order valence-electron chi connectivity index (χ3n) is 3.37. The second kappa shape index (κ2) is 7.62. The lowest BCUT2D eigenvalue weighted by molar-refractivity contribution is -0.121. The smallest absolute Gasteiger partial charge is 0.267 e. The summed E-state index contributed by atoms with van der Waals surface area (Å²) < 4.78 is 0. The van der Waals surface area contributed by atoms with E-state index in [1.54, 1.807) is 36.4 Å². The predicted octanol–water partition coefficient (Wildman–Crippen LogP) is 3.60. The van der Waals surface area contributed by atoms with Gasteiger partial charge in [0, 0.05) is 12.1 Å². The number of carbonyl (C=O) groups is 1. The summed E-state index contributed by atoms with van der Waals surface area (Å²) in [5.74, 6) is -0.0482. The Bertz CT molecular complexity index is 873. The topological polar surface area (TPSA) is 78.7 Å². The first-order valence-electron chi connectivity index (χ1n) is 7.63. The summed E-state index contributed by atoms with van der Waals surface area (Å²) in [6, 6.07) is 6.88. The summed E-state index contributed by atoms with van der Waals surface area (Å²) in [4.78, 5) is 19.2. The number of amides is 1. The van der Waals surface area contributed by atoms with E-state index >= 15 is 0 Å². The molecule has 0 spiro atoms. The first kappa shape index (κ1) is 17.4. The Morgan fingerprint density at radius 3 is 2.84 bits per heavy atom. The number of aryl methyl sites for hydroxylation is 1. The van der Waals surface area contributed by atoms with Gasteiger partial charge in [0.15, 0.2) is 5.17 Å². The Morgan fingerprint density at radius 1 is 1.36 bits per heavy atom. The maximum atomic E-state index is 12.7. The van der Waals surface area contributed by atoms with E-state index in [0.717, 1.165) is 11.4 Å². The van der Waals surface area contributed by atoms with E-state index < -0.39 is 0 Å². The van der Waals surface area contributed by atoms with Crippen LogP contribution in [0.5, 0.6) is 5.75 Å². The van der Waals surface area contributed by atoms with Crippen LogP contribution in [0.4, 0.5) is 5.13 Å². The number of nitrogens with zero attached hydrogens (tertiary/aromatic N) is 4. The van der Waals surface area contributed by atoms with Gasteiger partial charge in [-0.3, -0.25) is 9.69 Å². The van der Waals surface area contributed by atoms with Crippen LogP contribution in [-0.4, -0.2) is 37.8 Å². The molecule has 1 aromatic carbocycles. The van der Waals surface area contributed by atoms with E-state index in [1.165, 1.54) is 28.0 Å². The molecule has 0 atom stereocenters. The van der Waals surface area contributed by atoms with Crippen molar-refractivity contribution in [1.29, 1.82) is 0 Å². The van der Waals surface area contributed by atoms with Crippen LogP contribution in [0.25, 0.3) is 6.08 Å². The molecule has 2 aromatic rings. The fraction of sp³-hybridized carbons (Fsp3) is 0.176. The van der Waals surface area contributed by atoms with Crippen molar-refractivity contribution in [2.75, 3.05) is 6.54 Å². The van der Waals surface area contributed by atoms with Gasteiger partial charge in [-0.15, -0.1) is 16.8 Å².